The Morgan fingerprint density at radius 2 is 0.871 bits per heavy atom. The number of carboxylic acids is 1. The molecule has 0 amide bonds. The van der Waals surface area contributed by atoms with Crippen molar-refractivity contribution in [3.05, 3.63) is 36.5 Å². The van der Waals surface area contributed by atoms with Crippen LogP contribution in [0.4, 0.5) is 0 Å². The molecular weight excluding hydrogens is 779 g/mol. The largest absolute Gasteiger partial charge is 0.477 e. The minimum Gasteiger partial charge on any atom is -0.477 e. The molecule has 0 heterocycles. The lowest BCUT2D eigenvalue weighted by Crippen LogP contribution is -2.40. The van der Waals surface area contributed by atoms with Crippen molar-refractivity contribution >= 4 is 17.9 Å². The van der Waals surface area contributed by atoms with Crippen molar-refractivity contribution in [2.24, 2.45) is 0 Å². The van der Waals surface area contributed by atoms with Crippen LogP contribution in [-0.4, -0.2) is 87.4 Å². The third kappa shape index (κ3) is 45.5. The fourth-order valence-electron chi connectivity index (χ4n) is 7.10. The van der Waals surface area contributed by atoms with Gasteiger partial charge in [0.25, 0.3) is 6.29 Å². The smallest absolute Gasteiger partial charge is 0.361 e. The maximum atomic E-state index is 12.8. The number of rotatable bonds is 47. The second kappa shape index (κ2) is 45.1. The summed E-state index contributed by atoms with van der Waals surface area (Å²) < 4.78 is 22.8. The van der Waals surface area contributed by atoms with Gasteiger partial charge in [-0.1, -0.05) is 179 Å². The van der Waals surface area contributed by atoms with E-state index in [0.717, 1.165) is 64.2 Å². The van der Waals surface area contributed by atoms with E-state index in [1.807, 2.05) is 21.1 Å². The molecule has 0 rings (SSSR count). The Balaban J connectivity index is 4.25. The molecule has 0 aliphatic carbocycles. The van der Waals surface area contributed by atoms with E-state index in [0.29, 0.717) is 17.4 Å². The average molecular weight is 877 g/mol. The number of carbonyl (C=O) groups is 3. The Labute approximate surface area is 381 Å². The molecule has 9 heteroatoms. The van der Waals surface area contributed by atoms with Crippen LogP contribution in [0.15, 0.2) is 36.5 Å². The number of carbonyl (C=O) groups excluding carboxylic acids is 2. The SMILES string of the molecule is CCCCC/C=C\CCCCCCCC(=O)OCC(COC(OCC[N+](C)(C)C)C(=O)O)OC(=O)CCCCCCCCCCCCCCC/C=C\C/C=C\CCCCCCC. The Morgan fingerprint density at radius 1 is 0.484 bits per heavy atom. The highest BCUT2D eigenvalue weighted by Gasteiger charge is 2.25. The van der Waals surface area contributed by atoms with Crippen LogP contribution in [0.1, 0.15) is 226 Å². The minimum atomic E-state index is -1.51. The van der Waals surface area contributed by atoms with Crippen molar-refractivity contribution in [2.75, 3.05) is 47.5 Å². The fraction of sp³-hybridized carbons (Fsp3) is 0.830. The zero-order chi connectivity index (χ0) is 45.6. The molecule has 2 atom stereocenters. The normalized spacial score (nSPS) is 13.1. The first kappa shape index (κ1) is 59.5. The molecule has 0 aromatic carbocycles. The van der Waals surface area contributed by atoms with Gasteiger partial charge < -0.3 is 28.5 Å². The van der Waals surface area contributed by atoms with Gasteiger partial charge in [0.15, 0.2) is 6.10 Å². The molecule has 9 nitrogen and oxygen atoms in total. The Bertz CT molecular complexity index is 1110. The summed E-state index contributed by atoms with van der Waals surface area (Å²) in [5.41, 5.74) is 0. The van der Waals surface area contributed by atoms with Gasteiger partial charge in [-0.15, -0.1) is 0 Å². The van der Waals surface area contributed by atoms with Crippen molar-refractivity contribution in [2.45, 2.75) is 238 Å². The molecule has 362 valence electrons. The number of quaternary nitrogens is 1. The Morgan fingerprint density at radius 3 is 1.32 bits per heavy atom. The van der Waals surface area contributed by atoms with E-state index in [-0.39, 0.29) is 32.2 Å². The van der Waals surface area contributed by atoms with E-state index in [2.05, 4.69) is 50.3 Å². The number of esters is 2. The molecule has 0 radical (unpaired) electrons. The lowest BCUT2D eigenvalue weighted by atomic mass is 10.0. The van der Waals surface area contributed by atoms with Crippen LogP contribution in [0.2, 0.25) is 0 Å². The summed E-state index contributed by atoms with van der Waals surface area (Å²) in [6.07, 6.45) is 49.3. The van der Waals surface area contributed by atoms with Crippen molar-refractivity contribution in [1.29, 1.82) is 0 Å². The molecule has 1 N–H and O–H groups in total. The van der Waals surface area contributed by atoms with Crippen LogP contribution in [0, 0.1) is 0 Å². The highest BCUT2D eigenvalue weighted by molar-refractivity contribution is 5.71. The minimum absolute atomic E-state index is 0.185. The van der Waals surface area contributed by atoms with Gasteiger partial charge >= 0.3 is 17.9 Å². The van der Waals surface area contributed by atoms with E-state index in [1.165, 1.54) is 135 Å². The van der Waals surface area contributed by atoms with E-state index in [1.54, 1.807) is 0 Å². The van der Waals surface area contributed by atoms with E-state index >= 15 is 0 Å². The summed E-state index contributed by atoms with van der Waals surface area (Å²) in [4.78, 5) is 37.2. The first-order chi connectivity index (χ1) is 30.1. The van der Waals surface area contributed by atoms with Gasteiger partial charge in [-0.2, -0.15) is 0 Å². The molecule has 0 aliphatic heterocycles. The van der Waals surface area contributed by atoms with E-state index < -0.39 is 24.3 Å². The van der Waals surface area contributed by atoms with Crippen LogP contribution in [-0.2, 0) is 33.3 Å². The molecular formula is C53H98NO8+. The monoisotopic (exact) mass is 877 g/mol. The topological polar surface area (TPSA) is 108 Å². The molecule has 0 aliphatic rings. The maximum Gasteiger partial charge on any atom is 0.361 e. The number of allylic oxidation sites excluding steroid dienone is 6. The number of likely N-dealkylation sites (N-methyl/N-ethyl adjacent to an activating group) is 1. The lowest BCUT2D eigenvalue weighted by molar-refractivity contribution is -0.870. The molecule has 0 saturated heterocycles. The summed E-state index contributed by atoms with van der Waals surface area (Å²) in [6, 6.07) is 0. The fourth-order valence-corrected chi connectivity index (χ4v) is 7.10. The van der Waals surface area contributed by atoms with Crippen molar-refractivity contribution < 1.29 is 42.9 Å². The molecule has 0 fully saturated rings. The number of hydrogen-bond acceptors (Lipinski definition) is 7. The summed E-state index contributed by atoms with van der Waals surface area (Å²) in [5, 5.41) is 9.65. The second-order valence-corrected chi connectivity index (χ2v) is 18.5. The first-order valence-electron chi connectivity index (χ1n) is 25.7. The van der Waals surface area contributed by atoms with Gasteiger partial charge in [0, 0.05) is 12.8 Å². The van der Waals surface area contributed by atoms with E-state index in [4.69, 9.17) is 18.9 Å². The Kier molecular flexibility index (Phi) is 43.3. The molecule has 0 saturated carbocycles. The number of carboxylic acid groups (broad SMARTS) is 1. The molecule has 0 aromatic rings. The Hall–Kier alpha value is -2.49. The number of ether oxygens (including phenoxy) is 4. The van der Waals surface area contributed by atoms with Gasteiger partial charge in [-0.3, -0.25) is 9.59 Å². The number of nitrogens with zero attached hydrogens (tertiary/aromatic N) is 1. The third-order valence-corrected chi connectivity index (χ3v) is 11.1. The van der Waals surface area contributed by atoms with Crippen LogP contribution < -0.4 is 0 Å². The van der Waals surface area contributed by atoms with Crippen molar-refractivity contribution in [3.8, 4) is 0 Å². The third-order valence-electron chi connectivity index (χ3n) is 11.1. The highest BCUT2D eigenvalue weighted by Crippen LogP contribution is 2.15. The zero-order valence-corrected chi connectivity index (χ0v) is 41.0. The summed E-state index contributed by atoms with van der Waals surface area (Å²) in [5.74, 6) is -2.01. The summed E-state index contributed by atoms with van der Waals surface area (Å²) in [7, 11) is 5.96. The molecule has 0 aromatic heterocycles. The molecule has 0 spiro atoms. The van der Waals surface area contributed by atoms with Gasteiger partial charge in [0.1, 0.15) is 13.2 Å². The van der Waals surface area contributed by atoms with Gasteiger partial charge in [-0.25, -0.2) is 4.79 Å². The van der Waals surface area contributed by atoms with Crippen LogP contribution in [0.25, 0.3) is 0 Å². The van der Waals surface area contributed by atoms with Crippen LogP contribution in [0.5, 0.6) is 0 Å². The summed E-state index contributed by atoms with van der Waals surface area (Å²) in [6.45, 7) is 4.84. The zero-order valence-electron chi connectivity index (χ0n) is 41.0. The maximum absolute atomic E-state index is 12.8. The lowest BCUT2D eigenvalue weighted by Gasteiger charge is -2.25. The first-order valence-corrected chi connectivity index (χ1v) is 25.7. The summed E-state index contributed by atoms with van der Waals surface area (Å²) >= 11 is 0. The van der Waals surface area contributed by atoms with Crippen LogP contribution in [0.3, 0.4) is 0 Å². The molecule has 62 heavy (non-hydrogen) atoms. The highest BCUT2D eigenvalue weighted by atomic mass is 16.7. The van der Waals surface area contributed by atoms with E-state index in [9.17, 15) is 19.5 Å². The van der Waals surface area contributed by atoms with Crippen molar-refractivity contribution in [1.82, 2.24) is 0 Å². The van der Waals surface area contributed by atoms with Gasteiger partial charge in [0.2, 0.25) is 0 Å². The molecule has 2 unspecified atom stereocenters. The molecule has 0 bridgehead atoms. The van der Waals surface area contributed by atoms with Gasteiger partial charge in [-0.05, 0) is 70.6 Å². The van der Waals surface area contributed by atoms with Crippen molar-refractivity contribution in [3.63, 3.8) is 0 Å². The number of hydrogen-bond donors (Lipinski definition) is 1. The number of unbranched alkanes of at least 4 members (excludes halogenated alkanes) is 26. The van der Waals surface area contributed by atoms with Gasteiger partial charge in [0.05, 0.1) is 34.4 Å². The second-order valence-electron chi connectivity index (χ2n) is 18.5. The predicted molar refractivity (Wildman–Crippen MR) is 258 cm³/mol. The number of aliphatic carboxylic acids is 1. The average Bonchev–Trinajstić information content (AvgIpc) is 3.23. The quantitative estimate of drug-likeness (QED) is 0.0212. The standard InChI is InChI=1S/C53H97NO8/c1-6-8-10-12-14-16-18-20-21-22-23-24-25-26-27-28-29-30-31-32-34-36-38-40-42-44-51(56)62-49(48-61-53(52(57)58)59-46-45-54(3,4)5)47-60-50(55)43-41-39-37-35-33-19-17-15-13-11-9-7-2/h15,17-18,20,22-23,49,53H,6-14,16,19,21,24-48H2,1-5H3/p+1/b17-15-,20-18-,23-22-. The van der Waals surface area contributed by atoms with Crippen LogP contribution >= 0.6 is 0 Å². The predicted octanol–water partition coefficient (Wildman–Crippen LogP) is 14.2.